The maximum absolute atomic E-state index is 9.38. The van der Waals surface area contributed by atoms with Crippen LogP contribution in [0.3, 0.4) is 0 Å². The lowest BCUT2D eigenvalue weighted by molar-refractivity contribution is 0.126. The van der Waals surface area contributed by atoms with E-state index >= 15 is 0 Å². The molecule has 0 bridgehead atoms. The smallest absolute Gasteiger partial charge is 0.0589 e. The normalized spacial score (nSPS) is 28.9. The van der Waals surface area contributed by atoms with Crippen molar-refractivity contribution in [3.05, 3.63) is 0 Å². The van der Waals surface area contributed by atoms with Crippen molar-refractivity contribution in [3.8, 4) is 0 Å². The molecule has 1 aliphatic rings. The Morgan fingerprint density at radius 2 is 2.06 bits per heavy atom. The van der Waals surface area contributed by atoms with Crippen LogP contribution in [0.2, 0.25) is 0 Å². The highest BCUT2D eigenvalue weighted by Gasteiger charge is 2.30. The molecule has 1 aliphatic heterocycles. The van der Waals surface area contributed by atoms with E-state index in [1.165, 1.54) is 6.42 Å². The summed E-state index contributed by atoms with van der Waals surface area (Å²) >= 11 is 0. The molecule has 0 spiro atoms. The molecule has 0 amide bonds. The Morgan fingerprint density at radius 1 is 1.38 bits per heavy atom. The van der Waals surface area contributed by atoms with Gasteiger partial charge in [-0.3, -0.25) is 4.90 Å². The molecular weight excluding hydrogens is 200 g/mol. The van der Waals surface area contributed by atoms with Crippen LogP contribution in [0.25, 0.3) is 0 Å². The fourth-order valence-corrected chi connectivity index (χ4v) is 2.51. The third-order valence-corrected chi connectivity index (χ3v) is 3.61. The lowest BCUT2D eigenvalue weighted by atomic mass is 10.0. The fourth-order valence-electron chi connectivity index (χ4n) is 2.51. The Bertz CT molecular complexity index is 196. The van der Waals surface area contributed by atoms with Crippen LogP contribution in [0.15, 0.2) is 0 Å². The second kappa shape index (κ2) is 6.58. The Balaban J connectivity index is 2.30. The minimum atomic E-state index is 0.311. The van der Waals surface area contributed by atoms with Crippen LogP contribution in [0.4, 0.5) is 0 Å². The van der Waals surface area contributed by atoms with Crippen molar-refractivity contribution in [1.29, 1.82) is 0 Å². The van der Waals surface area contributed by atoms with Gasteiger partial charge in [0.25, 0.3) is 0 Å². The molecule has 0 aromatic heterocycles. The number of nitrogens with zero attached hydrogens (tertiary/aromatic N) is 1. The summed E-state index contributed by atoms with van der Waals surface area (Å²) in [4.78, 5) is 2.46. The van der Waals surface area contributed by atoms with Crippen LogP contribution in [-0.4, -0.2) is 48.3 Å². The van der Waals surface area contributed by atoms with Gasteiger partial charge in [-0.15, -0.1) is 0 Å². The van der Waals surface area contributed by atoms with Crippen molar-refractivity contribution >= 4 is 0 Å². The van der Waals surface area contributed by atoms with E-state index in [1.54, 1.807) is 0 Å². The van der Waals surface area contributed by atoms with E-state index in [2.05, 4.69) is 37.9 Å². The number of rotatable bonds is 6. The van der Waals surface area contributed by atoms with Gasteiger partial charge < -0.3 is 10.4 Å². The number of hydrogen-bond acceptors (Lipinski definition) is 3. The Hall–Kier alpha value is -0.120. The van der Waals surface area contributed by atoms with E-state index in [0.717, 1.165) is 19.6 Å². The molecule has 0 aromatic rings. The summed E-state index contributed by atoms with van der Waals surface area (Å²) in [5, 5.41) is 12.9. The van der Waals surface area contributed by atoms with E-state index in [9.17, 15) is 5.11 Å². The van der Waals surface area contributed by atoms with Crippen LogP contribution in [-0.2, 0) is 0 Å². The molecule has 0 saturated carbocycles. The van der Waals surface area contributed by atoms with Gasteiger partial charge in [0.1, 0.15) is 0 Å². The van der Waals surface area contributed by atoms with Gasteiger partial charge in [0.2, 0.25) is 0 Å². The largest absolute Gasteiger partial charge is 0.395 e. The van der Waals surface area contributed by atoms with Crippen LogP contribution in [0, 0.1) is 11.8 Å². The third-order valence-electron chi connectivity index (χ3n) is 3.61. The lowest BCUT2D eigenvalue weighted by Crippen LogP contribution is -2.40. The quantitative estimate of drug-likeness (QED) is 0.720. The van der Waals surface area contributed by atoms with Crippen molar-refractivity contribution in [2.24, 2.45) is 11.8 Å². The zero-order valence-electron chi connectivity index (χ0n) is 11.2. The van der Waals surface area contributed by atoms with Crippen LogP contribution in [0.5, 0.6) is 0 Å². The highest BCUT2D eigenvalue weighted by atomic mass is 16.3. The van der Waals surface area contributed by atoms with Crippen molar-refractivity contribution in [1.82, 2.24) is 10.2 Å². The molecule has 0 radical (unpaired) electrons. The zero-order chi connectivity index (χ0) is 12.1. The van der Waals surface area contributed by atoms with Crippen molar-refractivity contribution in [2.75, 3.05) is 26.2 Å². The summed E-state index contributed by atoms with van der Waals surface area (Å²) in [6, 6.07) is 0.954. The Morgan fingerprint density at radius 3 is 2.62 bits per heavy atom. The second-order valence-electron chi connectivity index (χ2n) is 5.68. The first kappa shape index (κ1) is 13.9. The Kier molecular flexibility index (Phi) is 5.73. The first-order chi connectivity index (χ1) is 7.54. The molecule has 1 rings (SSSR count). The minimum Gasteiger partial charge on any atom is -0.395 e. The molecule has 96 valence electrons. The SMILES string of the molecule is CC(CNC(C)C)CN1CCC(C)C1CO. The standard InChI is InChI=1S/C13H28N2O/c1-10(2)14-7-11(3)8-15-6-5-12(4)13(15)9-16/h10-14,16H,5-9H2,1-4H3. The summed E-state index contributed by atoms with van der Waals surface area (Å²) in [5.41, 5.74) is 0. The average Bonchev–Trinajstić information content (AvgIpc) is 2.56. The Labute approximate surface area is 100 Å². The predicted octanol–water partition coefficient (Wildman–Crippen LogP) is 1.32. The van der Waals surface area contributed by atoms with Crippen molar-refractivity contribution < 1.29 is 5.11 Å². The number of likely N-dealkylation sites (tertiary alicyclic amines) is 1. The van der Waals surface area contributed by atoms with Crippen LogP contribution < -0.4 is 5.32 Å². The summed E-state index contributed by atoms with van der Waals surface area (Å²) in [6.45, 7) is 12.5. The van der Waals surface area contributed by atoms with Gasteiger partial charge >= 0.3 is 0 Å². The number of aliphatic hydroxyl groups excluding tert-OH is 1. The molecule has 1 saturated heterocycles. The minimum absolute atomic E-state index is 0.311. The van der Waals surface area contributed by atoms with Crippen LogP contribution >= 0.6 is 0 Å². The molecule has 2 N–H and O–H groups in total. The molecule has 0 aliphatic carbocycles. The average molecular weight is 228 g/mol. The zero-order valence-corrected chi connectivity index (χ0v) is 11.2. The topological polar surface area (TPSA) is 35.5 Å². The summed E-state index contributed by atoms with van der Waals surface area (Å²) < 4.78 is 0. The van der Waals surface area contributed by atoms with E-state index in [4.69, 9.17) is 0 Å². The highest BCUT2D eigenvalue weighted by molar-refractivity contribution is 4.85. The molecule has 1 heterocycles. The molecule has 0 aromatic carbocycles. The molecule has 3 unspecified atom stereocenters. The predicted molar refractivity (Wildman–Crippen MR) is 68.5 cm³/mol. The molecular formula is C13H28N2O. The molecule has 3 nitrogen and oxygen atoms in total. The van der Waals surface area contributed by atoms with Gasteiger partial charge in [-0.1, -0.05) is 27.7 Å². The number of aliphatic hydroxyl groups is 1. The van der Waals surface area contributed by atoms with Gasteiger partial charge in [-0.2, -0.15) is 0 Å². The summed E-state index contributed by atoms with van der Waals surface area (Å²) in [5.74, 6) is 1.30. The van der Waals surface area contributed by atoms with Gasteiger partial charge in [-0.25, -0.2) is 0 Å². The fraction of sp³-hybridized carbons (Fsp3) is 1.00. The van der Waals surface area contributed by atoms with Gasteiger partial charge in [0, 0.05) is 18.6 Å². The van der Waals surface area contributed by atoms with Gasteiger partial charge in [0.05, 0.1) is 6.61 Å². The monoisotopic (exact) mass is 228 g/mol. The first-order valence-electron chi connectivity index (χ1n) is 6.62. The summed E-state index contributed by atoms with van der Waals surface area (Å²) in [6.07, 6.45) is 1.23. The molecule has 3 heteroatoms. The van der Waals surface area contributed by atoms with E-state index < -0.39 is 0 Å². The number of hydrogen-bond donors (Lipinski definition) is 2. The van der Waals surface area contributed by atoms with Gasteiger partial charge in [0.15, 0.2) is 0 Å². The third kappa shape index (κ3) is 4.04. The van der Waals surface area contributed by atoms with Crippen LogP contribution in [0.1, 0.15) is 34.1 Å². The lowest BCUT2D eigenvalue weighted by Gasteiger charge is -2.28. The van der Waals surface area contributed by atoms with Crippen molar-refractivity contribution in [2.45, 2.75) is 46.2 Å². The molecule has 16 heavy (non-hydrogen) atoms. The number of nitrogens with one attached hydrogen (secondary N) is 1. The second-order valence-corrected chi connectivity index (χ2v) is 5.68. The molecule has 1 fully saturated rings. The van der Waals surface area contributed by atoms with Gasteiger partial charge in [-0.05, 0) is 31.3 Å². The van der Waals surface area contributed by atoms with E-state index in [1.807, 2.05) is 0 Å². The highest BCUT2D eigenvalue weighted by Crippen LogP contribution is 2.24. The first-order valence-corrected chi connectivity index (χ1v) is 6.62. The van der Waals surface area contributed by atoms with Crippen molar-refractivity contribution in [3.63, 3.8) is 0 Å². The molecule has 3 atom stereocenters. The summed E-state index contributed by atoms with van der Waals surface area (Å²) in [7, 11) is 0. The van der Waals surface area contributed by atoms with E-state index in [0.29, 0.717) is 30.5 Å². The maximum Gasteiger partial charge on any atom is 0.0589 e. The van der Waals surface area contributed by atoms with E-state index in [-0.39, 0.29) is 0 Å². The maximum atomic E-state index is 9.38.